The van der Waals surface area contributed by atoms with Gasteiger partial charge in [-0.15, -0.1) is 11.6 Å². The molecular formula is C15H20ClNO. The monoisotopic (exact) mass is 265 g/mol. The molecule has 98 valence electrons. The third kappa shape index (κ3) is 3.05. The zero-order valence-corrected chi connectivity index (χ0v) is 11.6. The molecule has 2 nitrogen and oxygen atoms in total. The number of halogens is 1. The van der Waals surface area contributed by atoms with Crippen LogP contribution in [0.4, 0.5) is 0 Å². The SMILES string of the molecule is Cc1ccc(C(=O)NC2(CCl)CCCCC2)cc1. The Labute approximate surface area is 114 Å². The van der Waals surface area contributed by atoms with E-state index in [0.29, 0.717) is 5.88 Å². The second kappa shape index (κ2) is 5.75. The lowest BCUT2D eigenvalue weighted by Crippen LogP contribution is -2.51. The summed E-state index contributed by atoms with van der Waals surface area (Å²) in [5.41, 5.74) is 1.69. The Kier molecular flexibility index (Phi) is 4.28. The van der Waals surface area contributed by atoms with Crippen molar-refractivity contribution in [3.63, 3.8) is 0 Å². The number of hydrogen-bond acceptors (Lipinski definition) is 1. The summed E-state index contributed by atoms with van der Waals surface area (Å²) in [5, 5.41) is 3.15. The van der Waals surface area contributed by atoms with Gasteiger partial charge in [0.05, 0.1) is 5.54 Å². The molecule has 0 radical (unpaired) electrons. The summed E-state index contributed by atoms with van der Waals surface area (Å²) in [7, 11) is 0. The molecule has 0 heterocycles. The van der Waals surface area contributed by atoms with E-state index in [4.69, 9.17) is 11.6 Å². The first-order valence-corrected chi connectivity index (χ1v) is 7.14. The van der Waals surface area contributed by atoms with Gasteiger partial charge in [0, 0.05) is 11.4 Å². The number of rotatable bonds is 3. The number of alkyl halides is 1. The lowest BCUT2D eigenvalue weighted by molar-refractivity contribution is 0.0885. The summed E-state index contributed by atoms with van der Waals surface area (Å²) in [6.07, 6.45) is 5.54. The van der Waals surface area contributed by atoms with E-state index in [1.807, 2.05) is 31.2 Å². The van der Waals surface area contributed by atoms with Crippen LogP contribution in [-0.2, 0) is 0 Å². The molecule has 1 aromatic rings. The number of carbonyl (C=O) groups is 1. The minimum absolute atomic E-state index is 0.00227. The fraction of sp³-hybridized carbons (Fsp3) is 0.533. The Morgan fingerprint density at radius 2 is 1.83 bits per heavy atom. The molecule has 1 aliphatic carbocycles. The van der Waals surface area contributed by atoms with Crippen molar-refractivity contribution in [3.8, 4) is 0 Å². The highest BCUT2D eigenvalue weighted by molar-refractivity contribution is 6.19. The first-order chi connectivity index (χ1) is 8.65. The number of benzene rings is 1. The van der Waals surface area contributed by atoms with Gasteiger partial charge in [0.15, 0.2) is 0 Å². The van der Waals surface area contributed by atoms with Gasteiger partial charge >= 0.3 is 0 Å². The fourth-order valence-electron chi connectivity index (χ4n) is 2.54. The summed E-state index contributed by atoms with van der Waals surface area (Å²) >= 11 is 6.08. The smallest absolute Gasteiger partial charge is 0.251 e. The first-order valence-electron chi connectivity index (χ1n) is 6.60. The first kappa shape index (κ1) is 13.4. The van der Waals surface area contributed by atoms with Gasteiger partial charge in [-0.25, -0.2) is 0 Å². The summed E-state index contributed by atoms with van der Waals surface area (Å²) in [6, 6.07) is 7.66. The van der Waals surface area contributed by atoms with E-state index in [2.05, 4.69) is 5.32 Å². The van der Waals surface area contributed by atoms with Crippen LogP contribution in [0.2, 0.25) is 0 Å². The molecule has 0 unspecified atom stereocenters. The van der Waals surface area contributed by atoms with Crippen molar-refractivity contribution in [2.75, 3.05) is 5.88 Å². The number of hydrogen-bond donors (Lipinski definition) is 1. The fourth-order valence-corrected chi connectivity index (χ4v) is 2.87. The topological polar surface area (TPSA) is 29.1 Å². The van der Waals surface area contributed by atoms with Gasteiger partial charge in [-0.2, -0.15) is 0 Å². The van der Waals surface area contributed by atoms with Crippen molar-refractivity contribution in [2.45, 2.75) is 44.6 Å². The molecule has 0 atom stereocenters. The molecule has 1 amide bonds. The second-order valence-electron chi connectivity index (χ2n) is 5.29. The Morgan fingerprint density at radius 3 is 2.39 bits per heavy atom. The summed E-state index contributed by atoms with van der Waals surface area (Å²) in [6.45, 7) is 2.02. The van der Waals surface area contributed by atoms with Crippen molar-refractivity contribution in [3.05, 3.63) is 35.4 Å². The molecule has 0 spiro atoms. The quantitative estimate of drug-likeness (QED) is 0.830. The Balaban J connectivity index is 2.07. The van der Waals surface area contributed by atoms with Gasteiger partial charge in [-0.3, -0.25) is 4.79 Å². The molecular weight excluding hydrogens is 246 g/mol. The Bertz CT molecular complexity index is 407. The molecule has 0 aliphatic heterocycles. The van der Waals surface area contributed by atoms with Gasteiger partial charge in [0.2, 0.25) is 0 Å². The molecule has 0 bridgehead atoms. The molecule has 0 aromatic heterocycles. The highest BCUT2D eigenvalue weighted by Crippen LogP contribution is 2.29. The predicted molar refractivity (Wildman–Crippen MR) is 75.2 cm³/mol. The van der Waals surface area contributed by atoms with Crippen LogP contribution in [0.25, 0.3) is 0 Å². The van der Waals surface area contributed by atoms with Crippen LogP contribution in [0, 0.1) is 6.92 Å². The van der Waals surface area contributed by atoms with E-state index in [9.17, 15) is 4.79 Å². The van der Waals surface area contributed by atoms with Crippen LogP contribution in [0.1, 0.15) is 48.0 Å². The molecule has 18 heavy (non-hydrogen) atoms. The summed E-state index contributed by atoms with van der Waals surface area (Å²) < 4.78 is 0. The Hall–Kier alpha value is -1.02. The number of amides is 1. The zero-order chi connectivity index (χ0) is 13.0. The summed E-state index contributed by atoms with van der Waals surface area (Å²) in [4.78, 5) is 12.2. The maximum Gasteiger partial charge on any atom is 0.251 e. The van der Waals surface area contributed by atoms with E-state index in [1.165, 1.54) is 6.42 Å². The van der Waals surface area contributed by atoms with Gasteiger partial charge in [0.1, 0.15) is 0 Å². The molecule has 1 aliphatic rings. The van der Waals surface area contributed by atoms with Crippen molar-refractivity contribution < 1.29 is 4.79 Å². The van der Waals surface area contributed by atoms with Crippen molar-refractivity contribution in [1.82, 2.24) is 5.32 Å². The van der Waals surface area contributed by atoms with Gasteiger partial charge in [-0.1, -0.05) is 37.0 Å². The van der Waals surface area contributed by atoms with Crippen LogP contribution in [0.5, 0.6) is 0 Å². The molecule has 0 saturated heterocycles. The highest BCUT2D eigenvalue weighted by Gasteiger charge is 2.32. The molecule has 3 heteroatoms. The molecule has 1 aromatic carbocycles. The third-order valence-electron chi connectivity index (χ3n) is 3.76. The maximum absolute atomic E-state index is 12.2. The van der Waals surface area contributed by atoms with E-state index >= 15 is 0 Å². The molecule has 1 N–H and O–H groups in total. The predicted octanol–water partition coefficient (Wildman–Crippen LogP) is 3.67. The van der Waals surface area contributed by atoms with Gasteiger partial charge in [-0.05, 0) is 31.9 Å². The maximum atomic E-state index is 12.2. The zero-order valence-electron chi connectivity index (χ0n) is 10.8. The minimum atomic E-state index is -0.193. The Morgan fingerprint density at radius 1 is 1.22 bits per heavy atom. The van der Waals surface area contributed by atoms with Crippen LogP contribution >= 0.6 is 11.6 Å². The summed E-state index contributed by atoms with van der Waals surface area (Å²) in [5.74, 6) is 0.502. The normalized spacial score (nSPS) is 18.3. The average molecular weight is 266 g/mol. The largest absolute Gasteiger partial charge is 0.345 e. The second-order valence-corrected chi connectivity index (χ2v) is 5.56. The number of aryl methyl sites for hydroxylation is 1. The minimum Gasteiger partial charge on any atom is -0.345 e. The van der Waals surface area contributed by atoms with E-state index in [0.717, 1.165) is 36.8 Å². The van der Waals surface area contributed by atoms with Gasteiger partial charge < -0.3 is 5.32 Å². The molecule has 1 fully saturated rings. The van der Waals surface area contributed by atoms with E-state index in [-0.39, 0.29) is 11.4 Å². The van der Waals surface area contributed by atoms with Crippen LogP contribution in [-0.4, -0.2) is 17.3 Å². The van der Waals surface area contributed by atoms with Crippen LogP contribution in [0.3, 0.4) is 0 Å². The van der Waals surface area contributed by atoms with Crippen LogP contribution < -0.4 is 5.32 Å². The lowest BCUT2D eigenvalue weighted by atomic mass is 9.83. The van der Waals surface area contributed by atoms with Crippen molar-refractivity contribution in [1.29, 1.82) is 0 Å². The number of nitrogens with one attached hydrogen (secondary N) is 1. The molecule has 1 saturated carbocycles. The van der Waals surface area contributed by atoms with Crippen LogP contribution in [0.15, 0.2) is 24.3 Å². The van der Waals surface area contributed by atoms with Crippen molar-refractivity contribution >= 4 is 17.5 Å². The third-order valence-corrected chi connectivity index (χ3v) is 4.27. The van der Waals surface area contributed by atoms with Gasteiger partial charge in [0.25, 0.3) is 5.91 Å². The number of carbonyl (C=O) groups excluding carboxylic acids is 1. The highest BCUT2D eigenvalue weighted by atomic mass is 35.5. The standard InChI is InChI=1S/C15H20ClNO/c1-12-5-7-13(8-6-12)14(18)17-15(11-16)9-3-2-4-10-15/h5-8H,2-4,9-11H2,1H3,(H,17,18). The lowest BCUT2D eigenvalue weighted by Gasteiger charge is -2.36. The van der Waals surface area contributed by atoms with Crippen molar-refractivity contribution in [2.24, 2.45) is 0 Å². The molecule has 2 rings (SSSR count). The van der Waals surface area contributed by atoms with E-state index in [1.54, 1.807) is 0 Å². The average Bonchev–Trinajstić information content (AvgIpc) is 2.40. The van der Waals surface area contributed by atoms with E-state index < -0.39 is 0 Å².